The van der Waals surface area contributed by atoms with Gasteiger partial charge in [0.25, 0.3) is 0 Å². The highest BCUT2D eigenvalue weighted by molar-refractivity contribution is 5.51. The molecule has 0 aromatic carbocycles. The molecule has 0 N–H and O–H groups in total. The maximum Gasteiger partial charge on any atom is 0.0506 e. The summed E-state index contributed by atoms with van der Waals surface area (Å²) >= 11 is 0. The van der Waals surface area contributed by atoms with Crippen LogP contribution in [0.3, 0.4) is 0 Å². The predicted octanol–water partition coefficient (Wildman–Crippen LogP) is 3.51. The molecule has 1 atom stereocenters. The number of hydrogen-bond donors (Lipinski definition) is 0. The van der Waals surface area contributed by atoms with Crippen LogP contribution in [0.15, 0.2) is 35.6 Å². The molecule has 0 aromatic rings. The van der Waals surface area contributed by atoms with Gasteiger partial charge in [-0.15, -0.1) is 0 Å². The number of nitrogens with zero attached hydrogens (tertiary/aromatic N) is 1. The molecule has 14 heavy (non-hydrogen) atoms. The van der Waals surface area contributed by atoms with E-state index in [2.05, 4.69) is 45.8 Å². The highest BCUT2D eigenvalue weighted by Crippen LogP contribution is 2.36. The van der Waals surface area contributed by atoms with E-state index >= 15 is 0 Å². The van der Waals surface area contributed by atoms with Gasteiger partial charge in [0, 0.05) is 17.8 Å². The molecule has 0 aromatic heterocycles. The third kappa shape index (κ3) is 1.52. The normalized spacial score (nSPS) is 22.1. The van der Waals surface area contributed by atoms with Gasteiger partial charge >= 0.3 is 0 Å². The SMILES string of the molecule is C=C(C)C1=C(C)C(CC)N(CC)C1=C. The van der Waals surface area contributed by atoms with E-state index in [1.807, 2.05) is 0 Å². The van der Waals surface area contributed by atoms with E-state index < -0.39 is 0 Å². The van der Waals surface area contributed by atoms with E-state index in [9.17, 15) is 0 Å². The zero-order valence-corrected chi connectivity index (χ0v) is 9.85. The lowest BCUT2D eigenvalue weighted by molar-refractivity contribution is 0.317. The molecule has 0 radical (unpaired) electrons. The smallest absolute Gasteiger partial charge is 0.0506 e. The van der Waals surface area contributed by atoms with Crippen molar-refractivity contribution in [3.8, 4) is 0 Å². The summed E-state index contributed by atoms with van der Waals surface area (Å²) in [5.41, 5.74) is 5.02. The Morgan fingerprint density at radius 3 is 2.29 bits per heavy atom. The zero-order chi connectivity index (χ0) is 10.9. The summed E-state index contributed by atoms with van der Waals surface area (Å²) in [6, 6.07) is 0.541. The zero-order valence-electron chi connectivity index (χ0n) is 9.85. The van der Waals surface area contributed by atoms with Crippen molar-refractivity contribution >= 4 is 0 Å². The molecular weight excluding hydrogens is 170 g/mol. The van der Waals surface area contributed by atoms with Crippen LogP contribution < -0.4 is 0 Å². The molecule has 0 spiro atoms. The molecule has 0 aliphatic carbocycles. The maximum absolute atomic E-state index is 4.16. The molecule has 0 saturated heterocycles. The molecule has 1 rings (SSSR count). The third-order valence-electron chi connectivity index (χ3n) is 3.06. The lowest BCUT2D eigenvalue weighted by Gasteiger charge is -2.26. The average Bonchev–Trinajstić information content (AvgIpc) is 2.36. The van der Waals surface area contributed by atoms with Crippen LogP contribution in [0.1, 0.15) is 34.1 Å². The molecule has 1 heterocycles. The number of hydrogen-bond acceptors (Lipinski definition) is 1. The van der Waals surface area contributed by atoms with Gasteiger partial charge in [-0.2, -0.15) is 0 Å². The molecule has 0 saturated carbocycles. The van der Waals surface area contributed by atoms with E-state index in [0.29, 0.717) is 6.04 Å². The van der Waals surface area contributed by atoms with Crippen LogP contribution in [0.4, 0.5) is 0 Å². The van der Waals surface area contributed by atoms with Gasteiger partial charge in [-0.25, -0.2) is 0 Å². The van der Waals surface area contributed by atoms with E-state index in [1.165, 1.54) is 11.1 Å². The first-order valence-electron chi connectivity index (χ1n) is 5.37. The summed E-state index contributed by atoms with van der Waals surface area (Å²) < 4.78 is 0. The fourth-order valence-electron chi connectivity index (χ4n) is 2.48. The summed E-state index contributed by atoms with van der Waals surface area (Å²) in [7, 11) is 0. The Morgan fingerprint density at radius 2 is 2.00 bits per heavy atom. The number of rotatable bonds is 3. The molecule has 1 aliphatic rings. The topological polar surface area (TPSA) is 3.24 Å². The Kier molecular flexibility index (Phi) is 3.20. The highest BCUT2D eigenvalue weighted by Gasteiger charge is 2.30. The van der Waals surface area contributed by atoms with Crippen molar-refractivity contribution in [3.63, 3.8) is 0 Å². The van der Waals surface area contributed by atoms with Gasteiger partial charge in [0.1, 0.15) is 0 Å². The van der Waals surface area contributed by atoms with E-state index in [1.54, 1.807) is 0 Å². The molecule has 1 unspecified atom stereocenters. The number of allylic oxidation sites excluding steroid dienone is 1. The summed E-state index contributed by atoms with van der Waals surface area (Å²) in [4.78, 5) is 2.37. The molecule has 1 nitrogen and oxygen atoms in total. The van der Waals surface area contributed by atoms with Crippen LogP contribution in [0.2, 0.25) is 0 Å². The summed E-state index contributed by atoms with van der Waals surface area (Å²) in [6.45, 7) is 17.9. The van der Waals surface area contributed by atoms with Gasteiger partial charge in [0.05, 0.1) is 6.04 Å². The van der Waals surface area contributed by atoms with Crippen LogP contribution in [-0.2, 0) is 0 Å². The van der Waals surface area contributed by atoms with Crippen molar-refractivity contribution in [1.29, 1.82) is 0 Å². The molecular formula is C13H21N. The summed E-state index contributed by atoms with van der Waals surface area (Å²) in [5.74, 6) is 0. The van der Waals surface area contributed by atoms with Gasteiger partial charge in [-0.1, -0.05) is 20.1 Å². The van der Waals surface area contributed by atoms with E-state index in [0.717, 1.165) is 24.2 Å². The Balaban J connectivity index is 3.11. The van der Waals surface area contributed by atoms with Crippen molar-refractivity contribution in [2.45, 2.75) is 40.2 Å². The van der Waals surface area contributed by atoms with Crippen molar-refractivity contribution < 1.29 is 0 Å². The first-order valence-corrected chi connectivity index (χ1v) is 5.37. The Bertz CT molecular complexity index is 296. The van der Waals surface area contributed by atoms with Crippen LogP contribution in [0.5, 0.6) is 0 Å². The second-order valence-electron chi connectivity index (χ2n) is 4.00. The molecule has 78 valence electrons. The van der Waals surface area contributed by atoms with E-state index in [-0.39, 0.29) is 0 Å². The summed E-state index contributed by atoms with van der Waals surface area (Å²) in [5, 5.41) is 0. The van der Waals surface area contributed by atoms with Gasteiger partial charge in [-0.3, -0.25) is 0 Å². The first kappa shape index (κ1) is 11.1. The summed E-state index contributed by atoms with van der Waals surface area (Å²) in [6.07, 6.45) is 1.15. The van der Waals surface area contributed by atoms with Crippen LogP contribution in [0.25, 0.3) is 0 Å². The van der Waals surface area contributed by atoms with Crippen molar-refractivity contribution in [3.05, 3.63) is 35.6 Å². The Labute approximate surface area is 87.8 Å². The molecule has 0 bridgehead atoms. The molecule has 1 heteroatoms. The minimum absolute atomic E-state index is 0.541. The van der Waals surface area contributed by atoms with Crippen molar-refractivity contribution in [1.82, 2.24) is 4.90 Å². The van der Waals surface area contributed by atoms with Gasteiger partial charge in [0.15, 0.2) is 0 Å². The highest BCUT2D eigenvalue weighted by atomic mass is 15.2. The van der Waals surface area contributed by atoms with Gasteiger partial charge in [0.2, 0.25) is 0 Å². The molecule has 0 fully saturated rings. The largest absolute Gasteiger partial charge is 0.365 e. The van der Waals surface area contributed by atoms with Crippen LogP contribution in [-0.4, -0.2) is 17.5 Å². The van der Waals surface area contributed by atoms with Crippen molar-refractivity contribution in [2.24, 2.45) is 0 Å². The minimum atomic E-state index is 0.541. The fraction of sp³-hybridized carbons (Fsp3) is 0.538. The standard InChI is InChI=1S/C13H21N/c1-7-12-10(5)13(9(3)4)11(6)14(12)8-2/h12H,3,6-8H2,1-2,4-5H3. The van der Waals surface area contributed by atoms with Crippen LogP contribution in [0, 0.1) is 0 Å². The van der Waals surface area contributed by atoms with Gasteiger partial charge < -0.3 is 4.90 Å². The van der Waals surface area contributed by atoms with Gasteiger partial charge in [-0.05, 0) is 38.3 Å². The third-order valence-corrected chi connectivity index (χ3v) is 3.06. The lowest BCUT2D eigenvalue weighted by Crippen LogP contribution is -2.29. The predicted molar refractivity (Wildman–Crippen MR) is 63.1 cm³/mol. The quantitative estimate of drug-likeness (QED) is 0.660. The first-order chi connectivity index (χ1) is 6.54. The lowest BCUT2D eigenvalue weighted by atomic mass is 10.0. The fourth-order valence-corrected chi connectivity index (χ4v) is 2.48. The van der Waals surface area contributed by atoms with Crippen molar-refractivity contribution in [2.75, 3.05) is 6.54 Å². The van der Waals surface area contributed by atoms with Crippen LogP contribution >= 0.6 is 0 Å². The molecule has 1 aliphatic heterocycles. The Morgan fingerprint density at radius 1 is 1.43 bits per heavy atom. The maximum atomic E-state index is 4.16. The molecule has 0 amide bonds. The monoisotopic (exact) mass is 191 g/mol. The second kappa shape index (κ2) is 4.04. The van der Waals surface area contributed by atoms with E-state index in [4.69, 9.17) is 0 Å². The average molecular weight is 191 g/mol. The second-order valence-corrected chi connectivity index (χ2v) is 4.00. The Hall–Kier alpha value is -0.980. The number of likely N-dealkylation sites (N-methyl/N-ethyl adjacent to an activating group) is 1. The minimum Gasteiger partial charge on any atom is -0.365 e.